The van der Waals surface area contributed by atoms with Crippen LogP contribution in [0.1, 0.15) is 26.7 Å². The minimum Gasteiger partial charge on any atom is -0.317 e. The molecule has 3 heteroatoms. The van der Waals surface area contributed by atoms with E-state index in [4.69, 9.17) is 0 Å². The monoisotopic (exact) mass is 225 g/mol. The molecule has 1 saturated carbocycles. The number of nitrogens with zero attached hydrogens (tertiary/aromatic N) is 2. The van der Waals surface area contributed by atoms with Crippen molar-refractivity contribution in [2.75, 3.05) is 39.8 Å². The second-order valence-electron chi connectivity index (χ2n) is 5.54. The summed E-state index contributed by atoms with van der Waals surface area (Å²) in [5, 5.41) is 3.50. The van der Waals surface area contributed by atoms with Gasteiger partial charge < -0.3 is 10.2 Å². The van der Waals surface area contributed by atoms with Crippen LogP contribution in [0.25, 0.3) is 0 Å². The van der Waals surface area contributed by atoms with Gasteiger partial charge >= 0.3 is 0 Å². The Labute approximate surface area is 100 Å². The standard InChI is InChI=1S/C13H27N3/c1-4-14-9-12-5-6-13(12)16-8-7-15(3)11(2)10-16/h11-14H,4-10H2,1-3H3. The Morgan fingerprint density at radius 2 is 2.06 bits per heavy atom. The summed E-state index contributed by atoms with van der Waals surface area (Å²) >= 11 is 0. The van der Waals surface area contributed by atoms with Gasteiger partial charge in [-0.15, -0.1) is 0 Å². The summed E-state index contributed by atoms with van der Waals surface area (Å²) in [6.45, 7) is 10.7. The van der Waals surface area contributed by atoms with Crippen molar-refractivity contribution in [2.24, 2.45) is 5.92 Å². The lowest BCUT2D eigenvalue weighted by Crippen LogP contribution is -2.58. The van der Waals surface area contributed by atoms with Crippen LogP contribution in [0.4, 0.5) is 0 Å². The number of likely N-dealkylation sites (N-methyl/N-ethyl adjacent to an activating group) is 1. The molecule has 0 bridgehead atoms. The van der Waals surface area contributed by atoms with E-state index >= 15 is 0 Å². The molecule has 0 spiro atoms. The van der Waals surface area contributed by atoms with Crippen LogP contribution in [0.2, 0.25) is 0 Å². The Morgan fingerprint density at radius 1 is 1.25 bits per heavy atom. The highest BCUT2D eigenvalue weighted by molar-refractivity contribution is 4.93. The van der Waals surface area contributed by atoms with E-state index in [0.29, 0.717) is 0 Å². The van der Waals surface area contributed by atoms with E-state index in [2.05, 4.69) is 36.0 Å². The van der Waals surface area contributed by atoms with Crippen molar-refractivity contribution in [3.63, 3.8) is 0 Å². The fourth-order valence-electron chi connectivity index (χ4n) is 2.98. The number of rotatable bonds is 4. The summed E-state index contributed by atoms with van der Waals surface area (Å²) in [6, 6.07) is 1.60. The first-order valence-electron chi connectivity index (χ1n) is 6.87. The zero-order chi connectivity index (χ0) is 11.5. The zero-order valence-corrected chi connectivity index (χ0v) is 11.1. The molecule has 0 radical (unpaired) electrons. The Bertz CT molecular complexity index is 219. The van der Waals surface area contributed by atoms with Crippen molar-refractivity contribution in [3.05, 3.63) is 0 Å². The smallest absolute Gasteiger partial charge is 0.0192 e. The van der Waals surface area contributed by atoms with Crippen LogP contribution in [0.15, 0.2) is 0 Å². The van der Waals surface area contributed by atoms with Crippen LogP contribution in [-0.4, -0.2) is 61.7 Å². The first kappa shape index (κ1) is 12.3. The van der Waals surface area contributed by atoms with Crippen LogP contribution < -0.4 is 5.32 Å². The average molecular weight is 225 g/mol. The topological polar surface area (TPSA) is 18.5 Å². The highest BCUT2D eigenvalue weighted by Gasteiger charge is 2.37. The maximum atomic E-state index is 3.50. The van der Waals surface area contributed by atoms with E-state index in [1.54, 1.807) is 0 Å². The lowest BCUT2D eigenvalue weighted by atomic mass is 9.78. The molecule has 1 heterocycles. The predicted octanol–water partition coefficient (Wildman–Crippen LogP) is 1.01. The van der Waals surface area contributed by atoms with Crippen molar-refractivity contribution >= 4 is 0 Å². The lowest BCUT2D eigenvalue weighted by molar-refractivity contribution is 0.00676. The SMILES string of the molecule is CCNCC1CCC1N1CCN(C)C(C)C1. The molecule has 0 aromatic carbocycles. The molecule has 94 valence electrons. The molecule has 1 N–H and O–H groups in total. The Balaban J connectivity index is 1.79. The third kappa shape index (κ3) is 2.58. The predicted molar refractivity (Wildman–Crippen MR) is 68.7 cm³/mol. The number of hydrogen-bond donors (Lipinski definition) is 1. The van der Waals surface area contributed by atoms with Crippen molar-refractivity contribution in [1.29, 1.82) is 0 Å². The molecular formula is C13H27N3. The molecule has 1 saturated heterocycles. The van der Waals surface area contributed by atoms with Gasteiger partial charge in [0.2, 0.25) is 0 Å². The zero-order valence-electron chi connectivity index (χ0n) is 11.1. The summed E-state index contributed by atoms with van der Waals surface area (Å²) < 4.78 is 0. The fraction of sp³-hybridized carbons (Fsp3) is 1.00. The van der Waals surface area contributed by atoms with Crippen molar-refractivity contribution < 1.29 is 0 Å². The van der Waals surface area contributed by atoms with Crippen LogP contribution in [-0.2, 0) is 0 Å². The second-order valence-corrected chi connectivity index (χ2v) is 5.54. The minimum absolute atomic E-state index is 0.731. The Morgan fingerprint density at radius 3 is 2.62 bits per heavy atom. The minimum atomic E-state index is 0.731. The van der Waals surface area contributed by atoms with E-state index in [1.807, 2.05) is 0 Å². The molecule has 0 aromatic rings. The van der Waals surface area contributed by atoms with Gasteiger partial charge in [-0.1, -0.05) is 6.92 Å². The van der Waals surface area contributed by atoms with Crippen LogP contribution in [0, 0.1) is 5.92 Å². The molecule has 2 rings (SSSR count). The van der Waals surface area contributed by atoms with Gasteiger partial charge in [-0.25, -0.2) is 0 Å². The van der Waals surface area contributed by atoms with E-state index in [-0.39, 0.29) is 0 Å². The van der Waals surface area contributed by atoms with Gasteiger partial charge in [-0.2, -0.15) is 0 Å². The Kier molecular flexibility index (Phi) is 4.22. The van der Waals surface area contributed by atoms with Gasteiger partial charge in [0.05, 0.1) is 0 Å². The molecule has 0 amide bonds. The molecule has 16 heavy (non-hydrogen) atoms. The molecule has 2 fully saturated rings. The number of hydrogen-bond acceptors (Lipinski definition) is 3. The molecule has 3 nitrogen and oxygen atoms in total. The van der Waals surface area contributed by atoms with Gasteiger partial charge in [0.1, 0.15) is 0 Å². The summed E-state index contributed by atoms with van der Waals surface area (Å²) in [5.41, 5.74) is 0. The largest absolute Gasteiger partial charge is 0.317 e. The average Bonchev–Trinajstić information content (AvgIpc) is 2.22. The summed E-state index contributed by atoms with van der Waals surface area (Å²) in [6.07, 6.45) is 2.85. The molecular weight excluding hydrogens is 198 g/mol. The first-order valence-corrected chi connectivity index (χ1v) is 6.87. The molecule has 3 atom stereocenters. The van der Waals surface area contributed by atoms with Crippen LogP contribution >= 0.6 is 0 Å². The van der Waals surface area contributed by atoms with E-state index in [1.165, 1.54) is 39.0 Å². The van der Waals surface area contributed by atoms with Crippen molar-refractivity contribution in [1.82, 2.24) is 15.1 Å². The van der Waals surface area contributed by atoms with Crippen LogP contribution in [0.5, 0.6) is 0 Å². The van der Waals surface area contributed by atoms with Gasteiger partial charge in [0.15, 0.2) is 0 Å². The molecule has 1 aliphatic carbocycles. The molecule has 2 aliphatic rings. The van der Waals surface area contributed by atoms with Gasteiger partial charge in [-0.3, -0.25) is 4.90 Å². The van der Waals surface area contributed by atoms with Crippen LogP contribution in [0.3, 0.4) is 0 Å². The molecule has 1 aliphatic heterocycles. The van der Waals surface area contributed by atoms with Gasteiger partial charge in [0.25, 0.3) is 0 Å². The lowest BCUT2D eigenvalue weighted by Gasteiger charge is -2.49. The van der Waals surface area contributed by atoms with E-state index < -0.39 is 0 Å². The fourth-order valence-corrected chi connectivity index (χ4v) is 2.98. The van der Waals surface area contributed by atoms with Gasteiger partial charge in [-0.05, 0) is 45.8 Å². The summed E-state index contributed by atoms with van der Waals surface area (Å²) in [4.78, 5) is 5.21. The maximum Gasteiger partial charge on any atom is 0.0192 e. The third-order valence-electron chi connectivity index (χ3n) is 4.49. The second kappa shape index (κ2) is 5.48. The summed E-state index contributed by atoms with van der Waals surface area (Å²) in [5.74, 6) is 0.913. The third-order valence-corrected chi connectivity index (χ3v) is 4.49. The van der Waals surface area contributed by atoms with E-state index in [9.17, 15) is 0 Å². The maximum absolute atomic E-state index is 3.50. The van der Waals surface area contributed by atoms with E-state index in [0.717, 1.165) is 24.5 Å². The number of piperazine rings is 1. The van der Waals surface area contributed by atoms with Crippen molar-refractivity contribution in [3.8, 4) is 0 Å². The molecule has 3 unspecified atom stereocenters. The highest BCUT2D eigenvalue weighted by atomic mass is 15.3. The Hall–Kier alpha value is -0.120. The highest BCUT2D eigenvalue weighted by Crippen LogP contribution is 2.32. The van der Waals surface area contributed by atoms with Gasteiger partial charge in [0, 0.05) is 31.7 Å². The first-order chi connectivity index (χ1) is 7.72. The molecule has 0 aromatic heterocycles. The quantitative estimate of drug-likeness (QED) is 0.770. The number of nitrogens with one attached hydrogen (secondary N) is 1. The van der Waals surface area contributed by atoms with Crippen molar-refractivity contribution in [2.45, 2.75) is 38.8 Å². The normalized spacial score (nSPS) is 37.3. The summed E-state index contributed by atoms with van der Waals surface area (Å²) in [7, 11) is 2.25.